The van der Waals surface area contributed by atoms with E-state index in [9.17, 15) is 5.26 Å². The predicted octanol–water partition coefficient (Wildman–Crippen LogP) is 5.34. The van der Waals surface area contributed by atoms with Crippen LogP contribution in [-0.2, 0) is 6.42 Å². The number of hydrogen-bond donors (Lipinski definition) is 0. The van der Waals surface area contributed by atoms with Gasteiger partial charge in [0.05, 0.1) is 12.0 Å². The Balaban J connectivity index is 2.01. The zero-order valence-electron chi connectivity index (χ0n) is 11.5. The molecule has 1 unspecified atom stereocenters. The molecule has 0 saturated carbocycles. The van der Waals surface area contributed by atoms with Crippen LogP contribution in [-0.4, -0.2) is 0 Å². The number of nitriles is 1. The van der Waals surface area contributed by atoms with Crippen LogP contribution in [0, 0.1) is 11.3 Å². The number of benzene rings is 3. The number of nitrogens with zero attached hydrogens (tertiary/aromatic N) is 1. The first kappa shape index (κ1) is 13.7. The SMILES string of the molecule is N#CC(Cc1cccc(Cl)c1)c1cccc2ccccc12. The minimum absolute atomic E-state index is 0.172. The van der Waals surface area contributed by atoms with Crippen molar-refractivity contribution in [1.82, 2.24) is 0 Å². The van der Waals surface area contributed by atoms with Crippen molar-refractivity contribution in [1.29, 1.82) is 5.26 Å². The second-order valence-corrected chi connectivity index (χ2v) is 5.52. The maximum atomic E-state index is 9.59. The average Bonchev–Trinajstić information content (AvgIpc) is 2.52. The molecule has 0 aliphatic rings. The lowest BCUT2D eigenvalue weighted by Crippen LogP contribution is -2.01. The molecule has 102 valence electrons. The first-order chi connectivity index (χ1) is 10.3. The standard InChI is InChI=1S/C19H14ClN/c20-17-8-3-5-14(12-17)11-16(13-21)19-10-4-7-15-6-1-2-9-18(15)19/h1-10,12,16H,11H2. The van der Waals surface area contributed by atoms with Crippen molar-refractivity contribution in [3.8, 4) is 6.07 Å². The van der Waals surface area contributed by atoms with Gasteiger partial charge in [-0.2, -0.15) is 5.26 Å². The molecule has 21 heavy (non-hydrogen) atoms. The van der Waals surface area contributed by atoms with E-state index in [1.807, 2.05) is 48.5 Å². The van der Waals surface area contributed by atoms with E-state index in [0.717, 1.165) is 16.5 Å². The lowest BCUT2D eigenvalue weighted by atomic mass is 9.89. The molecule has 3 aromatic rings. The highest BCUT2D eigenvalue weighted by molar-refractivity contribution is 6.30. The van der Waals surface area contributed by atoms with Gasteiger partial charge in [-0.05, 0) is 40.5 Å². The van der Waals surface area contributed by atoms with E-state index in [1.54, 1.807) is 0 Å². The first-order valence-corrected chi connectivity index (χ1v) is 7.27. The molecule has 0 radical (unpaired) electrons. The van der Waals surface area contributed by atoms with Crippen molar-refractivity contribution in [2.45, 2.75) is 12.3 Å². The Labute approximate surface area is 129 Å². The van der Waals surface area contributed by atoms with Crippen LogP contribution < -0.4 is 0 Å². The maximum Gasteiger partial charge on any atom is 0.0759 e. The van der Waals surface area contributed by atoms with Crippen molar-refractivity contribution in [3.63, 3.8) is 0 Å². The fraction of sp³-hybridized carbons (Fsp3) is 0.105. The summed E-state index contributed by atoms with van der Waals surface area (Å²) in [6, 6.07) is 24.5. The lowest BCUT2D eigenvalue weighted by Gasteiger charge is -2.13. The van der Waals surface area contributed by atoms with Crippen LogP contribution in [0.2, 0.25) is 5.02 Å². The van der Waals surface area contributed by atoms with Crippen LogP contribution in [0.1, 0.15) is 17.0 Å². The first-order valence-electron chi connectivity index (χ1n) is 6.89. The molecule has 0 spiro atoms. The molecule has 2 heteroatoms. The largest absolute Gasteiger partial charge is 0.198 e. The topological polar surface area (TPSA) is 23.8 Å². The Morgan fingerprint density at radius 1 is 0.952 bits per heavy atom. The summed E-state index contributed by atoms with van der Waals surface area (Å²) in [5, 5.41) is 12.6. The van der Waals surface area contributed by atoms with E-state index >= 15 is 0 Å². The second kappa shape index (κ2) is 5.99. The Bertz CT molecular complexity index is 812. The number of hydrogen-bond acceptors (Lipinski definition) is 1. The molecule has 0 fully saturated rings. The fourth-order valence-corrected chi connectivity index (χ4v) is 2.89. The predicted molar refractivity (Wildman–Crippen MR) is 87.5 cm³/mol. The fourth-order valence-electron chi connectivity index (χ4n) is 2.68. The molecule has 3 aromatic carbocycles. The average molecular weight is 292 g/mol. The summed E-state index contributed by atoms with van der Waals surface area (Å²) in [5.41, 5.74) is 2.16. The quantitative estimate of drug-likeness (QED) is 0.638. The monoisotopic (exact) mass is 291 g/mol. The van der Waals surface area contributed by atoms with Crippen molar-refractivity contribution in [2.75, 3.05) is 0 Å². The third kappa shape index (κ3) is 2.91. The molecule has 0 aliphatic heterocycles. The molecule has 0 aromatic heterocycles. The molecule has 0 N–H and O–H groups in total. The van der Waals surface area contributed by atoms with Gasteiger partial charge in [-0.25, -0.2) is 0 Å². The third-order valence-corrected chi connectivity index (χ3v) is 3.92. The third-order valence-electron chi connectivity index (χ3n) is 3.68. The van der Waals surface area contributed by atoms with Gasteiger partial charge in [-0.3, -0.25) is 0 Å². The lowest BCUT2D eigenvalue weighted by molar-refractivity contribution is 0.857. The summed E-state index contributed by atoms with van der Waals surface area (Å²) < 4.78 is 0. The molecule has 3 rings (SSSR count). The van der Waals surface area contributed by atoms with E-state index in [0.29, 0.717) is 11.4 Å². The van der Waals surface area contributed by atoms with Crippen LogP contribution in [0.4, 0.5) is 0 Å². The van der Waals surface area contributed by atoms with E-state index in [2.05, 4.69) is 24.3 Å². The van der Waals surface area contributed by atoms with E-state index in [-0.39, 0.29) is 5.92 Å². The highest BCUT2D eigenvalue weighted by Crippen LogP contribution is 2.28. The Hall–Kier alpha value is -2.30. The van der Waals surface area contributed by atoms with E-state index < -0.39 is 0 Å². The van der Waals surface area contributed by atoms with Crippen molar-refractivity contribution >= 4 is 22.4 Å². The summed E-state index contributed by atoms with van der Waals surface area (Å²) in [7, 11) is 0. The van der Waals surface area contributed by atoms with Crippen LogP contribution in [0.3, 0.4) is 0 Å². The van der Waals surface area contributed by atoms with Gasteiger partial charge in [0.15, 0.2) is 0 Å². The van der Waals surface area contributed by atoms with Crippen LogP contribution in [0.15, 0.2) is 66.7 Å². The number of fused-ring (bicyclic) bond motifs is 1. The number of halogens is 1. The molecule has 0 heterocycles. The van der Waals surface area contributed by atoms with Crippen LogP contribution in [0.5, 0.6) is 0 Å². The van der Waals surface area contributed by atoms with Crippen molar-refractivity contribution < 1.29 is 0 Å². The molecular formula is C19H14ClN. The van der Waals surface area contributed by atoms with Gasteiger partial charge in [-0.15, -0.1) is 0 Å². The molecule has 0 amide bonds. The minimum Gasteiger partial charge on any atom is -0.198 e. The molecule has 0 bridgehead atoms. The molecular weight excluding hydrogens is 278 g/mol. The Kier molecular flexibility index (Phi) is 3.90. The van der Waals surface area contributed by atoms with Gasteiger partial charge >= 0.3 is 0 Å². The Morgan fingerprint density at radius 3 is 2.52 bits per heavy atom. The summed E-state index contributed by atoms with van der Waals surface area (Å²) in [5.74, 6) is -0.172. The summed E-state index contributed by atoms with van der Waals surface area (Å²) in [6.07, 6.45) is 0.672. The second-order valence-electron chi connectivity index (χ2n) is 5.08. The summed E-state index contributed by atoms with van der Waals surface area (Å²) in [4.78, 5) is 0. The normalized spacial score (nSPS) is 12.0. The van der Waals surface area contributed by atoms with Crippen molar-refractivity contribution in [2.24, 2.45) is 0 Å². The van der Waals surface area contributed by atoms with Crippen LogP contribution >= 0.6 is 11.6 Å². The van der Waals surface area contributed by atoms with Gasteiger partial charge in [-0.1, -0.05) is 66.2 Å². The molecule has 1 nitrogen and oxygen atoms in total. The van der Waals surface area contributed by atoms with Gasteiger partial charge < -0.3 is 0 Å². The van der Waals surface area contributed by atoms with Gasteiger partial charge in [0, 0.05) is 5.02 Å². The zero-order chi connectivity index (χ0) is 14.7. The highest BCUT2D eigenvalue weighted by Gasteiger charge is 2.14. The highest BCUT2D eigenvalue weighted by atomic mass is 35.5. The zero-order valence-corrected chi connectivity index (χ0v) is 12.2. The smallest absolute Gasteiger partial charge is 0.0759 e. The van der Waals surface area contributed by atoms with Crippen molar-refractivity contribution in [3.05, 3.63) is 82.9 Å². The minimum atomic E-state index is -0.172. The van der Waals surface area contributed by atoms with Gasteiger partial charge in [0.2, 0.25) is 0 Å². The molecule has 0 saturated heterocycles. The van der Waals surface area contributed by atoms with Crippen LogP contribution in [0.25, 0.3) is 10.8 Å². The summed E-state index contributed by atoms with van der Waals surface area (Å²) in [6.45, 7) is 0. The van der Waals surface area contributed by atoms with Gasteiger partial charge in [0.25, 0.3) is 0 Å². The van der Waals surface area contributed by atoms with E-state index in [4.69, 9.17) is 11.6 Å². The maximum absolute atomic E-state index is 9.59. The summed E-state index contributed by atoms with van der Waals surface area (Å²) >= 11 is 6.03. The Morgan fingerprint density at radius 2 is 1.71 bits per heavy atom. The molecule has 1 atom stereocenters. The van der Waals surface area contributed by atoms with E-state index in [1.165, 1.54) is 5.39 Å². The molecule has 0 aliphatic carbocycles. The van der Waals surface area contributed by atoms with Gasteiger partial charge in [0.1, 0.15) is 0 Å². The number of rotatable bonds is 3.